The third-order valence-electron chi connectivity index (χ3n) is 17.3. The van der Waals surface area contributed by atoms with Crippen LogP contribution in [0.5, 0.6) is 0 Å². The Bertz CT molecular complexity index is 4030. The van der Waals surface area contributed by atoms with Gasteiger partial charge < -0.3 is 0 Å². The van der Waals surface area contributed by atoms with E-state index in [0.717, 1.165) is 12.3 Å². The molecule has 14 rings (SSSR count). The highest BCUT2D eigenvalue weighted by molar-refractivity contribution is 6.25. The van der Waals surface area contributed by atoms with Crippen LogP contribution in [0.2, 0.25) is 0 Å². The highest BCUT2D eigenvalue weighted by atomic mass is 14.5. The van der Waals surface area contributed by atoms with Gasteiger partial charge in [-0.25, -0.2) is 0 Å². The summed E-state index contributed by atoms with van der Waals surface area (Å²) in [5.74, 6) is 1.49. The second-order valence-corrected chi connectivity index (χ2v) is 23.5. The van der Waals surface area contributed by atoms with Crippen molar-refractivity contribution in [3.8, 4) is 44.5 Å². The molecule has 1 atom stereocenters. The zero-order valence-corrected chi connectivity index (χ0v) is 50.5. The van der Waals surface area contributed by atoms with E-state index in [2.05, 4.69) is 313 Å². The first kappa shape index (κ1) is 56.9. The number of hydrogen-bond acceptors (Lipinski definition) is 0. The van der Waals surface area contributed by atoms with E-state index in [1.54, 1.807) is 0 Å². The van der Waals surface area contributed by atoms with Gasteiger partial charge in [-0.3, -0.25) is 0 Å². The fraction of sp³-hybridized carbons (Fsp3) is 0.220. The highest BCUT2D eigenvalue weighted by Crippen LogP contribution is 2.63. The summed E-state index contributed by atoms with van der Waals surface area (Å²) in [5.41, 5.74) is 25.7. The maximum absolute atomic E-state index is 2.38. The van der Waals surface area contributed by atoms with E-state index < -0.39 is 0 Å². The van der Waals surface area contributed by atoms with Crippen LogP contribution < -0.4 is 0 Å². The van der Waals surface area contributed by atoms with Gasteiger partial charge in [0.2, 0.25) is 0 Å². The SMILES string of the molecule is CC1=C(c2cc(-c3cccc(-c4ccc(C)cc4)c3)ccc2C)CC(C)C=C1.CCC(C)C.CCCC.Cc1ccc2c3ccccc3c3ccccc3c2c1.Cc1cccc2c1-c1ccccc1C21c2ccccc2-c2ccccc21. The van der Waals surface area contributed by atoms with Gasteiger partial charge in [-0.1, -0.05) is 296 Å². The third-order valence-corrected chi connectivity index (χ3v) is 17.3. The van der Waals surface area contributed by atoms with Crippen LogP contribution in [0.25, 0.3) is 82.4 Å². The predicted octanol–water partition coefficient (Wildman–Crippen LogP) is 23.7. The van der Waals surface area contributed by atoms with Crippen molar-refractivity contribution in [1.82, 2.24) is 0 Å². The predicted molar refractivity (Wildman–Crippen MR) is 359 cm³/mol. The molecule has 1 unspecified atom stereocenters. The smallest absolute Gasteiger partial charge is 0.0725 e. The van der Waals surface area contributed by atoms with Crippen molar-refractivity contribution in [3.63, 3.8) is 0 Å². The zero-order valence-electron chi connectivity index (χ0n) is 50.5. The van der Waals surface area contributed by atoms with E-state index in [1.807, 2.05) is 0 Å². The highest BCUT2D eigenvalue weighted by Gasteiger charge is 2.51. The fourth-order valence-corrected chi connectivity index (χ4v) is 12.4. The summed E-state index contributed by atoms with van der Waals surface area (Å²) in [6, 6.07) is 82.3. The summed E-state index contributed by atoms with van der Waals surface area (Å²) in [6.07, 6.45) is 9.67. The van der Waals surface area contributed by atoms with Gasteiger partial charge in [-0.05, 0) is 192 Å². The molecule has 0 N–H and O–H groups in total. The van der Waals surface area contributed by atoms with Crippen LogP contribution in [0.15, 0.2) is 242 Å². The average Bonchev–Trinajstić information content (AvgIpc) is 2.07. The Balaban J connectivity index is 0.000000130. The lowest BCUT2D eigenvalue weighted by molar-refractivity contribution is 0.626. The van der Waals surface area contributed by atoms with Gasteiger partial charge in [0.1, 0.15) is 0 Å². The van der Waals surface area contributed by atoms with Crippen molar-refractivity contribution in [1.29, 1.82) is 0 Å². The molecule has 0 fully saturated rings. The number of allylic oxidation sites excluding steroid dienone is 4. The Morgan fingerprint density at radius 2 is 0.841 bits per heavy atom. The van der Waals surface area contributed by atoms with Gasteiger partial charge in [0, 0.05) is 0 Å². The minimum atomic E-state index is -0.189. The molecule has 0 nitrogen and oxygen atoms in total. The molecule has 410 valence electrons. The minimum Gasteiger partial charge on any atom is -0.0811 e. The molecular weight excluding hydrogens is 985 g/mol. The lowest BCUT2D eigenvalue weighted by atomic mass is 9.70. The van der Waals surface area contributed by atoms with Crippen LogP contribution in [0.3, 0.4) is 0 Å². The molecule has 11 aromatic carbocycles. The van der Waals surface area contributed by atoms with Gasteiger partial charge in [-0.15, -0.1) is 0 Å². The Kier molecular flexibility index (Phi) is 17.5. The molecule has 0 saturated carbocycles. The molecule has 0 saturated heterocycles. The molecule has 0 aromatic heterocycles. The molecule has 0 amide bonds. The Morgan fingerprint density at radius 3 is 1.41 bits per heavy atom. The van der Waals surface area contributed by atoms with Crippen molar-refractivity contribution in [2.24, 2.45) is 11.8 Å². The molecule has 0 heterocycles. The summed E-state index contributed by atoms with van der Waals surface area (Å²) < 4.78 is 0. The molecule has 0 radical (unpaired) electrons. The Morgan fingerprint density at radius 1 is 0.390 bits per heavy atom. The first-order valence-electron chi connectivity index (χ1n) is 30.2. The topological polar surface area (TPSA) is 0 Å². The monoisotopic (exact) mass is 1070 g/mol. The maximum Gasteiger partial charge on any atom is 0.0725 e. The molecule has 0 aliphatic heterocycles. The second kappa shape index (κ2) is 25.2. The van der Waals surface area contributed by atoms with Crippen LogP contribution in [-0.4, -0.2) is 0 Å². The number of benzene rings is 11. The lowest BCUT2D eigenvalue weighted by Gasteiger charge is -2.30. The van der Waals surface area contributed by atoms with Crippen LogP contribution >= 0.6 is 0 Å². The van der Waals surface area contributed by atoms with Gasteiger partial charge in [0.05, 0.1) is 5.41 Å². The Labute approximate surface area is 491 Å². The number of fused-ring (bicyclic) bond motifs is 16. The van der Waals surface area contributed by atoms with Crippen molar-refractivity contribution in [2.75, 3.05) is 0 Å². The van der Waals surface area contributed by atoms with Gasteiger partial charge in [-0.2, -0.15) is 0 Å². The second-order valence-electron chi connectivity index (χ2n) is 23.5. The van der Waals surface area contributed by atoms with Crippen molar-refractivity contribution in [3.05, 3.63) is 292 Å². The molecule has 11 aromatic rings. The van der Waals surface area contributed by atoms with Crippen LogP contribution in [0.4, 0.5) is 0 Å². The third kappa shape index (κ3) is 11.2. The fourth-order valence-electron chi connectivity index (χ4n) is 12.4. The summed E-state index contributed by atoms with van der Waals surface area (Å²) in [6.45, 7) is 24.3. The molecule has 0 bridgehead atoms. The van der Waals surface area contributed by atoms with E-state index in [4.69, 9.17) is 0 Å². The van der Waals surface area contributed by atoms with E-state index in [0.29, 0.717) is 5.92 Å². The van der Waals surface area contributed by atoms with Crippen molar-refractivity contribution >= 4 is 37.9 Å². The average molecular weight is 1070 g/mol. The largest absolute Gasteiger partial charge is 0.0811 e. The molecule has 0 heteroatoms. The number of rotatable bonds is 5. The van der Waals surface area contributed by atoms with E-state index >= 15 is 0 Å². The minimum absolute atomic E-state index is 0.189. The van der Waals surface area contributed by atoms with Crippen LogP contribution in [-0.2, 0) is 5.41 Å². The normalized spacial score (nSPS) is 13.9. The van der Waals surface area contributed by atoms with Crippen LogP contribution in [0.1, 0.15) is 124 Å². The quantitative estimate of drug-likeness (QED) is 0.151. The number of hydrogen-bond donors (Lipinski definition) is 0. The number of unbranched alkanes of at least 4 members (excludes halogenated alkanes) is 1. The first-order valence-corrected chi connectivity index (χ1v) is 30.2. The maximum atomic E-state index is 2.38. The Hall–Kier alpha value is -8.32. The van der Waals surface area contributed by atoms with E-state index in [1.165, 1.54) is 157 Å². The molecule has 3 aliphatic rings. The number of aryl methyl sites for hydroxylation is 4. The van der Waals surface area contributed by atoms with Gasteiger partial charge >= 0.3 is 0 Å². The van der Waals surface area contributed by atoms with E-state index in [-0.39, 0.29) is 5.41 Å². The zero-order chi connectivity index (χ0) is 57.5. The first-order chi connectivity index (χ1) is 39.9. The van der Waals surface area contributed by atoms with Gasteiger partial charge in [0.15, 0.2) is 0 Å². The molecule has 82 heavy (non-hydrogen) atoms. The summed E-state index contributed by atoms with van der Waals surface area (Å²) in [7, 11) is 0. The van der Waals surface area contributed by atoms with E-state index in [9.17, 15) is 0 Å². The van der Waals surface area contributed by atoms with Crippen molar-refractivity contribution < 1.29 is 0 Å². The summed E-state index contributed by atoms with van der Waals surface area (Å²) in [5, 5.41) is 8.08. The summed E-state index contributed by atoms with van der Waals surface area (Å²) >= 11 is 0. The lowest BCUT2D eigenvalue weighted by Crippen LogP contribution is -2.25. The standard InChI is InChI=1S/C28H28.C26H18.C19H14.C5H12.C4H10/c1-19-9-13-23(14-10-19)24-6-5-7-25(17-24)26-15-12-22(4)28(18-26)27-16-20(2)8-11-21(27)3;1-17-9-8-16-24-25(17)20-12-4-7-15-23(20)26(24)21-13-5-2-10-18(21)19-11-3-6-14-22(19)26;1-13-10-11-18-16-8-3-2-6-14(16)15-7-4-5-9-17(15)19(18)12-13;1-4-5(2)3;1-3-4-2/h5-15,17-18,20H,16H2,1-4H3;2-16H,1H3;2-12H,1H3;5H,4H2,1-3H3;3-4H2,1-2H3. The molecular formula is C82H82. The van der Waals surface area contributed by atoms with Crippen LogP contribution in [0, 0.1) is 39.5 Å². The molecule has 1 spiro atoms. The van der Waals surface area contributed by atoms with Gasteiger partial charge in [0.25, 0.3) is 0 Å². The van der Waals surface area contributed by atoms with Crippen molar-refractivity contribution in [2.45, 2.75) is 107 Å². The molecule has 3 aliphatic carbocycles. The summed E-state index contributed by atoms with van der Waals surface area (Å²) in [4.78, 5) is 0.